The molecule has 1 aromatic carbocycles. The molecule has 0 radical (unpaired) electrons. The number of carbonyl (C=O) groups excluding carboxylic acids is 2. The second kappa shape index (κ2) is 8.52. The van der Waals surface area contributed by atoms with Crippen molar-refractivity contribution in [1.82, 2.24) is 15.1 Å². The molecule has 2 fully saturated rings. The zero-order chi connectivity index (χ0) is 19.4. The van der Waals surface area contributed by atoms with E-state index in [4.69, 9.17) is 0 Å². The molecule has 2 saturated heterocycles. The molecule has 0 unspecified atom stereocenters. The maximum atomic E-state index is 12.9. The molecule has 0 aliphatic carbocycles. The topological polar surface area (TPSA) is 52.7 Å². The normalized spacial score (nSPS) is 21.8. The quantitative estimate of drug-likeness (QED) is 0.838. The van der Waals surface area contributed by atoms with Crippen molar-refractivity contribution in [3.63, 3.8) is 0 Å². The van der Waals surface area contributed by atoms with Gasteiger partial charge < -0.3 is 10.2 Å². The van der Waals surface area contributed by atoms with Crippen LogP contribution in [0.25, 0.3) is 0 Å². The number of halogens is 3. The van der Waals surface area contributed by atoms with Crippen LogP contribution in [0.4, 0.5) is 13.2 Å². The number of carbonyl (C=O) groups is 2. The van der Waals surface area contributed by atoms with E-state index in [1.807, 2.05) is 0 Å². The highest BCUT2D eigenvalue weighted by Gasteiger charge is 2.34. The summed E-state index contributed by atoms with van der Waals surface area (Å²) in [7, 11) is 0. The van der Waals surface area contributed by atoms with Crippen LogP contribution in [-0.4, -0.2) is 65.3 Å². The van der Waals surface area contributed by atoms with E-state index in [0.717, 1.165) is 23.6 Å². The molecule has 0 bridgehead atoms. The summed E-state index contributed by atoms with van der Waals surface area (Å²) in [6.07, 6.45) is -4.35. The first kappa shape index (κ1) is 20.0. The van der Waals surface area contributed by atoms with Gasteiger partial charge in [0, 0.05) is 44.2 Å². The highest BCUT2D eigenvalue weighted by Crippen LogP contribution is 2.30. The van der Waals surface area contributed by atoms with Gasteiger partial charge in [0.25, 0.3) is 0 Å². The Morgan fingerprint density at radius 3 is 2.67 bits per heavy atom. The third-order valence-electron chi connectivity index (χ3n) is 4.81. The van der Waals surface area contributed by atoms with Gasteiger partial charge in [0.15, 0.2) is 0 Å². The number of rotatable bonds is 4. The molecule has 1 atom stereocenters. The number of hydrogen-bond acceptors (Lipinski definition) is 4. The number of piperazine rings is 1. The van der Waals surface area contributed by atoms with Gasteiger partial charge in [0.2, 0.25) is 11.8 Å². The summed E-state index contributed by atoms with van der Waals surface area (Å²) in [6.45, 7) is 2.46. The molecule has 0 spiro atoms. The number of alkyl halides is 3. The van der Waals surface area contributed by atoms with E-state index < -0.39 is 17.8 Å². The molecular formula is C18H22F3N3O2S. The number of hydrogen-bond donors (Lipinski definition) is 1. The Balaban J connectivity index is 1.70. The van der Waals surface area contributed by atoms with Crippen LogP contribution in [-0.2, 0) is 22.3 Å². The van der Waals surface area contributed by atoms with Crippen molar-refractivity contribution in [3.8, 4) is 0 Å². The lowest BCUT2D eigenvalue weighted by molar-refractivity contribution is -0.139. The van der Waals surface area contributed by atoms with Crippen LogP contribution >= 0.6 is 11.8 Å². The van der Waals surface area contributed by atoms with Gasteiger partial charge in [-0.15, -0.1) is 0 Å². The Morgan fingerprint density at radius 2 is 1.96 bits per heavy atom. The fourth-order valence-corrected chi connectivity index (χ4v) is 4.26. The van der Waals surface area contributed by atoms with Gasteiger partial charge in [-0.1, -0.05) is 18.2 Å². The van der Waals surface area contributed by atoms with Gasteiger partial charge in [-0.05, 0) is 11.6 Å². The zero-order valence-corrected chi connectivity index (χ0v) is 15.6. The molecule has 5 nitrogen and oxygen atoms in total. The molecule has 2 aliphatic heterocycles. The lowest BCUT2D eigenvalue weighted by atomic mass is 10.0. The van der Waals surface area contributed by atoms with Crippen molar-refractivity contribution >= 4 is 23.6 Å². The first-order valence-corrected chi connectivity index (χ1v) is 10.0. The average molecular weight is 401 g/mol. The van der Waals surface area contributed by atoms with Crippen molar-refractivity contribution < 1.29 is 22.8 Å². The van der Waals surface area contributed by atoms with E-state index in [9.17, 15) is 22.8 Å². The van der Waals surface area contributed by atoms with Crippen molar-refractivity contribution in [2.45, 2.75) is 25.2 Å². The molecule has 0 saturated carbocycles. The Bertz CT molecular complexity index is 693. The summed E-state index contributed by atoms with van der Waals surface area (Å²) >= 11 is 1.79. The molecule has 1 N–H and O–H groups in total. The summed E-state index contributed by atoms with van der Waals surface area (Å²) in [4.78, 5) is 28.4. The molecule has 2 aliphatic rings. The van der Waals surface area contributed by atoms with Crippen molar-refractivity contribution in [1.29, 1.82) is 0 Å². The molecule has 2 heterocycles. The first-order valence-electron chi connectivity index (χ1n) is 8.88. The van der Waals surface area contributed by atoms with Gasteiger partial charge in [-0.2, -0.15) is 24.9 Å². The van der Waals surface area contributed by atoms with Crippen molar-refractivity contribution in [2.24, 2.45) is 0 Å². The van der Waals surface area contributed by atoms with Gasteiger partial charge in [0.05, 0.1) is 18.0 Å². The second-order valence-electron chi connectivity index (χ2n) is 6.67. The Morgan fingerprint density at radius 1 is 1.22 bits per heavy atom. The maximum absolute atomic E-state index is 12.9. The fourth-order valence-electron chi connectivity index (χ4n) is 3.36. The van der Waals surface area contributed by atoms with E-state index in [0.29, 0.717) is 31.7 Å². The first-order chi connectivity index (χ1) is 12.8. The lowest BCUT2D eigenvalue weighted by Gasteiger charge is -2.36. The molecule has 3 rings (SSSR count). The lowest BCUT2D eigenvalue weighted by Crippen LogP contribution is -2.56. The Hall–Kier alpha value is -1.74. The number of thioether (sulfide) groups is 1. The smallest absolute Gasteiger partial charge is 0.353 e. The van der Waals surface area contributed by atoms with E-state index in [2.05, 4.69) is 5.32 Å². The van der Waals surface area contributed by atoms with Gasteiger partial charge in [-0.3, -0.25) is 14.5 Å². The fraction of sp³-hybridized carbons (Fsp3) is 0.556. The Labute approximate surface area is 160 Å². The standard InChI is InChI=1S/C18H22F3N3O2S/c19-18(20,21)14-3-1-2-13(10-14)12-24-5-4-22-17(26)15(24)11-16(25)23-6-8-27-9-7-23/h1-3,10,15H,4-9,11-12H2,(H,22,26)/t15-/m0/s1. The summed E-state index contributed by atoms with van der Waals surface area (Å²) < 4.78 is 38.8. The van der Waals surface area contributed by atoms with E-state index in [-0.39, 0.29) is 24.8 Å². The largest absolute Gasteiger partial charge is 0.416 e. The molecule has 0 aromatic heterocycles. The van der Waals surface area contributed by atoms with Gasteiger partial charge >= 0.3 is 6.18 Å². The predicted octanol–water partition coefficient (Wildman–Crippen LogP) is 1.97. The zero-order valence-electron chi connectivity index (χ0n) is 14.8. The highest BCUT2D eigenvalue weighted by molar-refractivity contribution is 7.99. The van der Waals surface area contributed by atoms with Crippen molar-refractivity contribution in [2.75, 3.05) is 37.7 Å². The summed E-state index contributed by atoms with van der Waals surface area (Å²) in [6, 6.07) is 4.46. The molecule has 2 amide bonds. The number of amides is 2. The third kappa shape index (κ3) is 5.16. The third-order valence-corrected chi connectivity index (χ3v) is 5.76. The highest BCUT2D eigenvalue weighted by atomic mass is 32.2. The van der Waals surface area contributed by atoms with Gasteiger partial charge in [0.1, 0.15) is 0 Å². The second-order valence-corrected chi connectivity index (χ2v) is 7.90. The minimum atomic E-state index is -4.41. The number of nitrogens with zero attached hydrogens (tertiary/aromatic N) is 2. The average Bonchev–Trinajstić information content (AvgIpc) is 2.65. The predicted molar refractivity (Wildman–Crippen MR) is 97.2 cm³/mol. The monoisotopic (exact) mass is 401 g/mol. The van der Waals surface area contributed by atoms with Crippen LogP contribution in [0.2, 0.25) is 0 Å². The minimum Gasteiger partial charge on any atom is -0.353 e. The number of benzene rings is 1. The van der Waals surface area contributed by atoms with Gasteiger partial charge in [-0.25, -0.2) is 0 Å². The van der Waals surface area contributed by atoms with Crippen LogP contribution < -0.4 is 5.32 Å². The van der Waals surface area contributed by atoms with Crippen LogP contribution in [0.5, 0.6) is 0 Å². The minimum absolute atomic E-state index is 0.0511. The van der Waals surface area contributed by atoms with Crippen LogP contribution in [0, 0.1) is 0 Å². The summed E-state index contributed by atoms with van der Waals surface area (Å²) in [5, 5.41) is 2.76. The molecule has 1 aromatic rings. The van der Waals surface area contributed by atoms with Crippen LogP contribution in [0.15, 0.2) is 24.3 Å². The maximum Gasteiger partial charge on any atom is 0.416 e. The molecular weight excluding hydrogens is 379 g/mol. The summed E-state index contributed by atoms with van der Waals surface area (Å²) in [5.41, 5.74) is -0.230. The SMILES string of the molecule is O=C1NCCN(Cc2cccc(C(F)(F)F)c2)[C@H]1CC(=O)N1CCSCC1. The number of nitrogens with one attached hydrogen (secondary N) is 1. The molecule has 148 valence electrons. The van der Waals surface area contributed by atoms with E-state index in [1.165, 1.54) is 6.07 Å². The van der Waals surface area contributed by atoms with Crippen LogP contribution in [0.3, 0.4) is 0 Å². The van der Waals surface area contributed by atoms with E-state index in [1.54, 1.807) is 27.6 Å². The molecule has 9 heteroatoms. The molecule has 27 heavy (non-hydrogen) atoms. The van der Waals surface area contributed by atoms with Crippen LogP contribution in [0.1, 0.15) is 17.5 Å². The Kier molecular flexibility index (Phi) is 6.31. The van der Waals surface area contributed by atoms with E-state index >= 15 is 0 Å². The summed E-state index contributed by atoms with van der Waals surface area (Å²) in [5.74, 6) is 1.45. The van der Waals surface area contributed by atoms with Crippen molar-refractivity contribution in [3.05, 3.63) is 35.4 Å².